The van der Waals surface area contributed by atoms with Crippen molar-refractivity contribution in [1.82, 2.24) is 0 Å². The van der Waals surface area contributed by atoms with Gasteiger partial charge in [-0.2, -0.15) is 0 Å². The fraction of sp³-hybridized carbons (Fsp3) is 0.643. The molecule has 0 saturated carbocycles. The van der Waals surface area contributed by atoms with Crippen LogP contribution in [0.3, 0.4) is 0 Å². The molecule has 0 N–H and O–H groups in total. The molecule has 0 radical (unpaired) electrons. The molecule has 0 amide bonds. The van der Waals surface area contributed by atoms with Gasteiger partial charge < -0.3 is 0 Å². The molecule has 0 aliphatic carbocycles. The zero-order valence-electron chi connectivity index (χ0n) is 12.8. The molecule has 1 rings (SSSR count). The third-order valence-electron chi connectivity index (χ3n) is 2.30. The van der Waals surface area contributed by atoms with Crippen molar-refractivity contribution in [2.75, 3.05) is 0 Å². The number of aryl methyl sites for hydroxylation is 1. The standard InChI is InChI=1S/C14H24N/c1-11(2)13-9-12(7-8-15(13)6)10-14(3,4)5/h7-9,11H,10H2,1-6H3/q+1/i10D2. The highest BCUT2D eigenvalue weighted by molar-refractivity contribution is 5.16. The van der Waals surface area contributed by atoms with Crippen molar-refractivity contribution in [2.45, 2.75) is 46.9 Å². The van der Waals surface area contributed by atoms with Gasteiger partial charge in [0.15, 0.2) is 11.9 Å². The summed E-state index contributed by atoms with van der Waals surface area (Å²) >= 11 is 0. The van der Waals surface area contributed by atoms with Crippen molar-refractivity contribution in [1.29, 1.82) is 0 Å². The van der Waals surface area contributed by atoms with Crippen molar-refractivity contribution in [3.05, 3.63) is 29.6 Å². The molecule has 0 bridgehead atoms. The lowest BCUT2D eigenvalue weighted by molar-refractivity contribution is -0.680. The van der Waals surface area contributed by atoms with Crippen LogP contribution in [0.1, 0.15) is 54.5 Å². The van der Waals surface area contributed by atoms with Crippen LogP contribution in [0.4, 0.5) is 0 Å². The monoisotopic (exact) mass is 208 g/mol. The van der Waals surface area contributed by atoms with E-state index in [4.69, 9.17) is 2.74 Å². The van der Waals surface area contributed by atoms with Crippen LogP contribution in [-0.4, -0.2) is 0 Å². The molecule has 15 heavy (non-hydrogen) atoms. The number of aromatic nitrogens is 1. The van der Waals surface area contributed by atoms with Gasteiger partial charge in [0.1, 0.15) is 7.05 Å². The van der Waals surface area contributed by atoms with E-state index in [0.717, 1.165) is 11.3 Å². The van der Waals surface area contributed by atoms with E-state index in [1.165, 1.54) is 0 Å². The van der Waals surface area contributed by atoms with Crippen LogP contribution in [0, 0.1) is 5.41 Å². The van der Waals surface area contributed by atoms with Crippen LogP contribution < -0.4 is 4.57 Å². The Morgan fingerprint density at radius 1 is 1.40 bits per heavy atom. The molecular weight excluding hydrogens is 182 g/mol. The Hall–Kier alpha value is -0.850. The first-order chi connectivity index (χ1) is 7.57. The van der Waals surface area contributed by atoms with E-state index in [1.54, 1.807) is 0 Å². The predicted octanol–water partition coefficient (Wildman–Crippen LogP) is 3.22. The summed E-state index contributed by atoms with van der Waals surface area (Å²) in [4.78, 5) is 0. The van der Waals surface area contributed by atoms with Gasteiger partial charge in [0.25, 0.3) is 0 Å². The Morgan fingerprint density at radius 3 is 2.47 bits per heavy atom. The largest absolute Gasteiger partial charge is 0.205 e. The van der Waals surface area contributed by atoms with Crippen LogP contribution >= 0.6 is 0 Å². The molecule has 0 aromatic carbocycles. The van der Waals surface area contributed by atoms with Gasteiger partial charge >= 0.3 is 0 Å². The number of nitrogens with zero attached hydrogens (tertiary/aromatic N) is 1. The minimum atomic E-state index is -1.31. The second-order valence-electron chi connectivity index (χ2n) is 5.48. The number of pyridine rings is 1. The van der Waals surface area contributed by atoms with Gasteiger partial charge in [0, 0.05) is 20.8 Å². The van der Waals surface area contributed by atoms with Crippen molar-refractivity contribution >= 4 is 0 Å². The van der Waals surface area contributed by atoms with Gasteiger partial charge in [-0.1, -0.05) is 34.6 Å². The van der Waals surface area contributed by atoms with Crippen molar-refractivity contribution in [3.8, 4) is 0 Å². The molecule has 0 atom stereocenters. The number of hydrogen-bond acceptors (Lipinski definition) is 0. The third-order valence-corrected chi connectivity index (χ3v) is 2.30. The number of rotatable bonds is 2. The summed E-state index contributed by atoms with van der Waals surface area (Å²) in [5.41, 5.74) is 1.53. The van der Waals surface area contributed by atoms with Gasteiger partial charge in [0.05, 0.1) is 0 Å². The molecule has 1 heteroatoms. The van der Waals surface area contributed by atoms with E-state index in [1.807, 2.05) is 46.1 Å². The highest BCUT2D eigenvalue weighted by Crippen LogP contribution is 2.21. The Bertz CT molecular complexity index is 403. The van der Waals surface area contributed by atoms with Gasteiger partial charge in [0.2, 0.25) is 0 Å². The van der Waals surface area contributed by atoms with Crippen LogP contribution in [0.25, 0.3) is 0 Å². The maximum Gasteiger partial charge on any atom is 0.183 e. The Balaban J connectivity index is 3.30. The molecular formula is C14H24N+. The molecule has 1 aromatic rings. The Labute approximate surface area is 97.0 Å². The normalized spacial score (nSPS) is 15.1. The lowest BCUT2D eigenvalue weighted by Gasteiger charge is -2.18. The molecule has 1 heterocycles. The zero-order valence-corrected chi connectivity index (χ0v) is 10.8. The average Bonchev–Trinajstić information content (AvgIpc) is 2.15. The molecule has 0 unspecified atom stereocenters. The summed E-state index contributed by atoms with van der Waals surface area (Å²) in [6.07, 6.45) is 0.638. The summed E-state index contributed by atoms with van der Waals surface area (Å²) in [6.45, 7) is 10.1. The van der Waals surface area contributed by atoms with E-state index in [0.29, 0.717) is 5.92 Å². The summed E-state index contributed by atoms with van der Waals surface area (Å²) in [6, 6.07) is 3.88. The van der Waals surface area contributed by atoms with E-state index in [9.17, 15) is 0 Å². The lowest BCUT2D eigenvalue weighted by Crippen LogP contribution is -2.34. The van der Waals surface area contributed by atoms with Gasteiger partial charge in [-0.3, -0.25) is 0 Å². The molecule has 0 saturated heterocycles. The van der Waals surface area contributed by atoms with E-state index in [-0.39, 0.29) is 0 Å². The fourth-order valence-electron chi connectivity index (χ4n) is 1.67. The molecule has 1 aromatic heterocycles. The molecule has 0 aliphatic rings. The zero-order chi connectivity index (χ0) is 13.4. The second-order valence-corrected chi connectivity index (χ2v) is 5.48. The van der Waals surface area contributed by atoms with Crippen LogP contribution in [-0.2, 0) is 13.4 Å². The summed E-state index contributed by atoms with van der Waals surface area (Å²) in [5, 5.41) is 0. The molecule has 1 nitrogen and oxygen atoms in total. The fourth-order valence-corrected chi connectivity index (χ4v) is 1.67. The van der Waals surface area contributed by atoms with Gasteiger partial charge in [-0.15, -0.1) is 0 Å². The van der Waals surface area contributed by atoms with Gasteiger partial charge in [-0.25, -0.2) is 4.57 Å². The minimum Gasteiger partial charge on any atom is -0.205 e. The Kier molecular flexibility index (Phi) is 2.71. The minimum absolute atomic E-state index is 0.399. The molecule has 0 fully saturated rings. The molecule has 0 aliphatic heterocycles. The highest BCUT2D eigenvalue weighted by atomic mass is 14.9. The maximum atomic E-state index is 8.28. The van der Waals surface area contributed by atoms with Crippen LogP contribution in [0.15, 0.2) is 18.3 Å². The van der Waals surface area contributed by atoms with Crippen LogP contribution in [0.5, 0.6) is 0 Å². The summed E-state index contributed by atoms with van der Waals surface area (Å²) in [5.74, 6) is 0.399. The highest BCUT2D eigenvalue weighted by Gasteiger charge is 2.16. The van der Waals surface area contributed by atoms with Crippen molar-refractivity contribution in [3.63, 3.8) is 0 Å². The second kappa shape index (κ2) is 4.34. The average molecular weight is 208 g/mol. The number of hydrogen-bond donors (Lipinski definition) is 0. The quantitative estimate of drug-likeness (QED) is 0.657. The maximum absolute atomic E-state index is 8.28. The first-order valence-electron chi connectivity index (χ1n) is 6.57. The first kappa shape index (κ1) is 9.38. The first-order valence-corrected chi connectivity index (χ1v) is 5.57. The van der Waals surface area contributed by atoms with Crippen LogP contribution in [0.2, 0.25) is 0 Å². The molecule has 0 spiro atoms. The predicted molar refractivity (Wildman–Crippen MR) is 64.9 cm³/mol. The molecule has 84 valence electrons. The van der Waals surface area contributed by atoms with Crippen molar-refractivity contribution in [2.24, 2.45) is 12.5 Å². The smallest absolute Gasteiger partial charge is 0.183 e. The SMILES string of the molecule is [2H]C([2H])(c1cc[n+](C)c(C(C)C)c1)C(C)(C)C. The Morgan fingerprint density at radius 2 is 2.00 bits per heavy atom. The van der Waals surface area contributed by atoms with E-state index >= 15 is 0 Å². The van der Waals surface area contributed by atoms with Crippen molar-refractivity contribution < 1.29 is 7.31 Å². The topological polar surface area (TPSA) is 3.88 Å². The van der Waals surface area contributed by atoms with Gasteiger partial charge in [-0.05, 0) is 17.4 Å². The lowest BCUT2D eigenvalue weighted by atomic mass is 9.88. The summed E-state index contributed by atoms with van der Waals surface area (Å²) < 4.78 is 18.6. The summed E-state index contributed by atoms with van der Waals surface area (Å²) in [7, 11) is 2.01. The van der Waals surface area contributed by atoms with E-state index in [2.05, 4.69) is 18.4 Å². The van der Waals surface area contributed by atoms with E-state index < -0.39 is 11.8 Å². The third kappa shape index (κ3) is 3.65.